The van der Waals surface area contributed by atoms with Gasteiger partial charge in [-0.15, -0.1) is 11.3 Å². The van der Waals surface area contributed by atoms with E-state index < -0.39 is 11.7 Å². The number of nitrogens with zero attached hydrogens (tertiary/aromatic N) is 2. The Morgan fingerprint density at radius 1 is 1.28 bits per heavy atom. The van der Waals surface area contributed by atoms with Crippen LogP contribution in [0.5, 0.6) is 0 Å². The highest BCUT2D eigenvalue weighted by molar-refractivity contribution is 7.09. The zero-order valence-corrected chi connectivity index (χ0v) is 10.2. The molecular formula is C11H10F3N3S. The Morgan fingerprint density at radius 3 is 2.56 bits per heavy atom. The first kappa shape index (κ1) is 12.8. The van der Waals surface area contributed by atoms with E-state index in [1.807, 2.05) is 12.3 Å². The van der Waals surface area contributed by atoms with E-state index in [-0.39, 0.29) is 6.04 Å². The molecule has 2 rings (SSSR count). The van der Waals surface area contributed by atoms with Gasteiger partial charge >= 0.3 is 6.18 Å². The van der Waals surface area contributed by atoms with Crippen LogP contribution < -0.4 is 5.32 Å². The van der Waals surface area contributed by atoms with E-state index in [1.165, 1.54) is 17.4 Å². The van der Waals surface area contributed by atoms with Crippen LogP contribution in [0.4, 0.5) is 19.0 Å². The second-order valence-corrected chi connectivity index (χ2v) is 4.59. The summed E-state index contributed by atoms with van der Waals surface area (Å²) in [6.07, 6.45) is -1.86. The summed E-state index contributed by atoms with van der Waals surface area (Å²) in [5.41, 5.74) is -0.755. The summed E-state index contributed by atoms with van der Waals surface area (Å²) >= 11 is 1.48. The smallest absolute Gasteiger partial charge is 0.361 e. The third-order valence-electron chi connectivity index (χ3n) is 2.28. The lowest BCUT2D eigenvalue weighted by atomic mass is 10.2. The minimum absolute atomic E-state index is 0.0887. The van der Waals surface area contributed by atoms with Crippen molar-refractivity contribution in [3.63, 3.8) is 0 Å². The van der Waals surface area contributed by atoms with Gasteiger partial charge in [0.2, 0.25) is 0 Å². The summed E-state index contributed by atoms with van der Waals surface area (Å²) in [4.78, 5) is 7.86. The van der Waals surface area contributed by atoms with Crippen LogP contribution >= 0.6 is 11.3 Å². The number of thiazole rings is 1. The number of pyridine rings is 1. The first-order chi connectivity index (χ1) is 8.47. The van der Waals surface area contributed by atoms with Crippen molar-refractivity contribution >= 4 is 17.2 Å². The van der Waals surface area contributed by atoms with E-state index in [2.05, 4.69) is 15.3 Å². The van der Waals surface area contributed by atoms with Crippen molar-refractivity contribution in [1.29, 1.82) is 0 Å². The highest BCUT2D eigenvalue weighted by Gasteiger charge is 2.30. The molecule has 7 heteroatoms. The molecular weight excluding hydrogens is 263 g/mol. The van der Waals surface area contributed by atoms with Crippen molar-refractivity contribution in [2.75, 3.05) is 5.32 Å². The molecule has 0 fully saturated rings. The molecule has 0 bridgehead atoms. The molecule has 2 aromatic heterocycles. The fraction of sp³-hybridized carbons (Fsp3) is 0.273. The Hall–Kier alpha value is -1.63. The third-order valence-corrected chi connectivity index (χ3v) is 3.24. The van der Waals surface area contributed by atoms with Crippen molar-refractivity contribution in [3.05, 3.63) is 40.5 Å². The number of aromatic nitrogens is 2. The molecule has 0 saturated carbocycles. The van der Waals surface area contributed by atoms with Crippen LogP contribution in [0.3, 0.4) is 0 Å². The lowest BCUT2D eigenvalue weighted by Gasteiger charge is -2.12. The van der Waals surface area contributed by atoms with Gasteiger partial charge in [0.05, 0.1) is 11.6 Å². The Bertz CT molecular complexity index is 493. The first-order valence-corrected chi connectivity index (χ1v) is 6.04. The average molecular weight is 273 g/mol. The van der Waals surface area contributed by atoms with Crippen molar-refractivity contribution < 1.29 is 13.2 Å². The molecule has 2 aromatic rings. The van der Waals surface area contributed by atoms with Gasteiger partial charge in [-0.2, -0.15) is 13.2 Å². The molecule has 0 aliphatic carbocycles. The summed E-state index contributed by atoms with van der Waals surface area (Å²) < 4.78 is 37.0. The summed E-state index contributed by atoms with van der Waals surface area (Å²) in [5.74, 6) is 0.394. The molecule has 0 aliphatic heterocycles. The molecule has 0 radical (unpaired) electrons. The Morgan fingerprint density at radius 2 is 2.06 bits per heavy atom. The average Bonchev–Trinajstić information content (AvgIpc) is 2.82. The molecule has 1 N–H and O–H groups in total. The predicted octanol–water partition coefficient (Wildman–Crippen LogP) is 3.73. The van der Waals surface area contributed by atoms with E-state index in [0.29, 0.717) is 5.82 Å². The van der Waals surface area contributed by atoms with Gasteiger partial charge in [0.15, 0.2) is 0 Å². The lowest BCUT2D eigenvalue weighted by Crippen LogP contribution is -2.09. The van der Waals surface area contributed by atoms with Gasteiger partial charge in [-0.05, 0) is 19.1 Å². The number of nitrogens with one attached hydrogen (secondary N) is 1. The standard InChI is InChI=1S/C11H10F3N3S/c1-7(10-15-4-5-18-10)17-9-3-2-8(6-16-9)11(12,13)14/h2-7H,1H3,(H,16,17). The van der Waals surface area contributed by atoms with E-state index in [1.54, 1.807) is 6.20 Å². The van der Waals surface area contributed by atoms with Gasteiger partial charge in [-0.25, -0.2) is 9.97 Å². The van der Waals surface area contributed by atoms with Gasteiger partial charge in [0.1, 0.15) is 10.8 Å². The summed E-state index contributed by atoms with van der Waals surface area (Å²) in [6.45, 7) is 1.87. The highest BCUT2D eigenvalue weighted by atomic mass is 32.1. The number of hydrogen-bond acceptors (Lipinski definition) is 4. The van der Waals surface area contributed by atoms with Crippen molar-refractivity contribution in [1.82, 2.24) is 9.97 Å². The minimum Gasteiger partial charge on any atom is -0.361 e. The van der Waals surface area contributed by atoms with Crippen LogP contribution in [0, 0.1) is 0 Å². The summed E-state index contributed by atoms with van der Waals surface area (Å²) in [5, 5.41) is 5.69. The molecule has 0 saturated heterocycles. The fourth-order valence-electron chi connectivity index (χ4n) is 1.38. The number of hydrogen-bond donors (Lipinski definition) is 1. The van der Waals surface area contributed by atoms with E-state index >= 15 is 0 Å². The van der Waals surface area contributed by atoms with E-state index in [4.69, 9.17) is 0 Å². The number of rotatable bonds is 3. The zero-order chi connectivity index (χ0) is 13.2. The van der Waals surface area contributed by atoms with Crippen molar-refractivity contribution in [2.24, 2.45) is 0 Å². The van der Waals surface area contributed by atoms with Crippen LogP contribution in [-0.2, 0) is 6.18 Å². The SMILES string of the molecule is CC(Nc1ccc(C(F)(F)F)cn1)c1nccs1. The lowest BCUT2D eigenvalue weighted by molar-refractivity contribution is -0.137. The number of alkyl halides is 3. The molecule has 2 heterocycles. The molecule has 3 nitrogen and oxygen atoms in total. The largest absolute Gasteiger partial charge is 0.417 e. The second kappa shape index (κ2) is 4.93. The van der Waals surface area contributed by atoms with Crippen LogP contribution in [-0.4, -0.2) is 9.97 Å². The maximum atomic E-state index is 12.3. The highest BCUT2D eigenvalue weighted by Crippen LogP contribution is 2.29. The number of anilines is 1. The molecule has 0 aliphatic rings. The van der Waals surface area contributed by atoms with Crippen LogP contribution in [0.1, 0.15) is 23.5 Å². The van der Waals surface area contributed by atoms with Crippen molar-refractivity contribution in [3.8, 4) is 0 Å². The normalized spacial score (nSPS) is 13.3. The van der Waals surface area contributed by atoms with Crippen LogP contribution in [0.2, 0.25) is 0 Å². The second-order valence-electron chi connectivity index (χ2n) is 3.67. The quantitative estimate of drug-likeness (QED) is 0.926. The Kier molecular flexibility index (Phi) is 3.51. The summed E-state index contributed by atoms with van der Waals surface area (Å²) in [6, 6.07) is 2.23. The predicted molar refractivity (Wildman–Crippen MR) is 63.4 cm³/mol. The molecule has 18 heavy (non-hydrogen) atoms. The van der Waals surface area contributed by atoms with Gasteiger partial charge in [-0.3, -0.25) is 0 Å². The van der Waals surface area contributed by atoms with Gasteiger partial charge in [-0.1, -0.05) is 0 Å². The zero-order valence-electron chi connectivity index (χ0n) is 9.40. The number of halogens is 3. The van der Waals surface area contributed by atoms with Gasteiger partial charge < -0.3 is 5.32 Å². The van der Waals surface area contributed by atoms with Crippen LogP contribution in [0.25, 0.3) is 0 Å². The topological polar surface area (TPSA) is 37.8 Å². The molecule has 0 amide bonds. The monoisotopic (exact) mass is 273 g/mol. The molecule has 1 atom stereocenters. The van der Waals surface area contributed by atoms with Crippen molar-refractivity contribution in [2.45, 2.75) is 19.1 Å². The molecule has 1 unspecified atom stereocenters. The maximum absolute atomic E-state index is 12.3. The van der Waals surface area contributed by atoms with E-state index in [0.717, 1.165) is 17.3 Å². The minimum atomic E-state index is -4.35. The molecule has 0 spiro atoms. The van der Waals surface area contributed by atoms with Crippen LogP contribution in [0.15, 0.2) is 29.9 Å². The first-order valence-electron chi connectivity index (χ1n) is 5.16. The molecule has 96 valence electrons. The third kappa shape index (κ3) is 2.98. The maximum Gasteiger partial charge on any atom is 0.417 e. The summed E-state index contributed by atoms with van der Waals surface area (Å²) in [7, 11) is 0. The van der Waals surface area contributed by atoms with Gasteiger partial charge in [0.25, 0.3) is 0 Å². The Balaban J connectivity index is 2.07. The van der Waals surface area contributed by atoms with Gasteiger partial charge in [0, 0.05) is 17.8 Å². The Labute approximate surface area is 106 Å². The molecule has 0 aromatic carbocycles. The fourth-order valence-corrected chi connectivity index (χ4v) is 2.02. The van der Waals surface area contributed by atoms with E-state index in [9.17, 15) is 13.2 Å².